The van der Waals surface area contributed by atoms with Crippen LogP contribution in [0.1, 0.15) is 5.56 Å². The third-order valence-corrected chi connectivity index (χ3v) is 2.00. The van der Waals surface area contributed by atoms with Gasteiger partial charge in [0, 0.05) is 15.6 Å². The Labute approximate surface area is 80.6 Å². The van der Waals surface area contributed by atoms with Crippen molar-refractivity contribution >= 4 is 35.6 Å². The number of aldehydes is 1. The van der Waals surface area contributed by atoms with Crippen LogP contribution in [0.4, 0.5) is 0 Å². The molecule has 0 amide bonds. The van der Waals surface area contributed by atoms with Gasteiger partial charge in [-0.25, -0.2) is 0 Å². The Morgan fingerprint density at radius 2 is 1.75 bits per heavy atom. The van der Waals surface area contributed by atoms with Crippen molar-refractivity contribution in [2.75, 3.05) is 0 Å². The predicted molar refractivity (Wildman–Crippen MR) is 51.6 cm³/mol. The molecule has 0 unspecified atom stereocenters. The van der Waals surface area contributed by atoms with E-state index in [1.54, 1.807) is 24.3 Å². The number of rotatable bonds is 2. The van der Waals surface area contributed by atoms with Gasteiger partial charge in [-0.15, -0.1) is 0 Å². The largest absolute Gasteiger partial charge is 0.299 e. The van der Waals surface area contributed by atoms with Gasteiger partial charge in [0.2, 0.25) is 0 Å². The fourth-order valence-corrected chi connectivity index (χ4v) is 1.33. The second-order valence-electron chi connectivity index (χ2n) is 2.13. The molecule has 0 aliphatic heterocycles. The summed E-state index contributed by atoms with van der Waals surface area (Å²) in [5, 5.41) is 1.08. The second kappa shape index (κ2) is 4.29. The number of halogens is 2. The summed E-state index contributed by atoms with van der Waals surface area (Å²) in [7, 11) is 0. The Bertz CT molecular complexity index is 298. The van der Waals surface area contributed by atoms with Crippen LogP contribution in [0.3, 0.4) is 0 Å². The Morgan fingerprint density at radius 3 is 2.25 bits per heavy atom. The van der Waals surface area contributed by atoms with Crippen molar-refractivity contribution in [3.63, 3.8) is 0 Å². The van der Waals surface area contributed by atoms with Crippen molar-refractivity contribution < 1.29 is 4.79 Å². The average molecular weight is 201 g/mol. The summed E-state index contributed by atoms with van der Waals surface area (Å²) < 4.78 is 0. The summed E-state index contributed by atoms with van der Waals surface area (Å²) in [6, 6.07) is 5.19. The van der Waals surface area contributed by atoms with Crippen molar-refractivity contribution in [2.24, 2.45) is 0 Å². The highest BCUT2D eigenvalue weighted by Crippen LogP contribution is 2.25. The topological polar surface area (TPSA) is 17.1 Å². The zero-order valence-electron chi connectivity index (χ0n) is 6.13. The molecule has 0 aliphatic rings. The van der Waals surface area contributed by atoms with Gasteiger partial charge in [0.05, 0.1) is 0 Å². The molecule has 0 spiro atoms. The molecular weight excluding hydrogens is 195 g/mol. The molecule has 0 saturated heterocycles. The van der Waals surface area contributed by atoms with Crippen LogP contribution in [0.5, 0.6) is 0 Å². The molecule has 0 bridgehead atoms. The first-order valence-electron chi connectivity index (χ1n) is 3.31. The second-order valence-corrected chi connectivity index (χ2v) is 2.94. The van der Waals surface area contributed by atoms with Gasteiger partial charge in [-0.1, -0.05) is 29.3 Å². The van der Waals surface area contributed by atoms with Crippen LogP contribution >= 0.6 is 23.2 Å². The van der Waals surface area contributed by atoms with Gasteiger partial charge in [-0.3, -0.25) is 4.79 Å². The molecule has 1 rings (SSSR count). The maximum atomic E-state index is 10.0. The van der Waals surface area contributed by atoms with Gasteiger partial charge in [-0.05, 0) is 24.3 Å². The van der Waals surface area contributed by atoms with E-state index in [2.05, 4.69) is 0 Å². The molecule has 0 radical (unpaired) electrons. The van der Waals surface area contributed by atoms with Crippen molar-refractivity contribution in [3.05, 3.63) is 39.9 Å². The molecule has 0 heterocycles. The highest BCUT2D eigenvalue weighted by Gasteiger charge is 1.99. The fourth-order valence-electron chi connectivity index (χ4n) is 0.805. The van der Waals surface area contributed by atoms with Gasteiger partial charge >= 0.3 is 0 Å². The number of carbonyl (C=O) groups is 1. The van der Waals surface area contributed by atoms with Crippen molar-refractivity contribution in [1.29, 1.82) is 0 Å². The summed E-state index contributed by atoms with van der Waals surface area (Å²) in [5.41, 5.74) is 0.674. The van der Waals surface area contributed by atoms with Gasteiger partial charge in [0.15, 0.2) is 0 Å². The summed E-state index contributed by atoms with van der Waals surface area (Å²) in [4.78, 5) is 10.0. The SMILES string of the molecule is O=CC=Cc1c(Cl)cccc1Cl. The molecule has 0 atom stereocenters. The molecule has 0 N–H and O–H groups in total. The highest BCUT2D eigenvalue weighted by molar-refractivity contribution is 6.37. The molecule has 62 valence electrons. The van der Waals surface area contributed by atoms with Gasteiger partial charge in [0.25, 0.3) is 0 Å². The monoisotopic (exact) mass is 200 g/mol. The third-order valence-electron chi connectivity index (χ3n) is 1.34. The lowest BCUT2D eigenvalue weighted by Gasteiger charge is -1.98. The first kappa shape index (κ1) is 9.30. The molecule has 1 aromatic rings. The number of hydrogen-bond donors (Lipinski definition) is 0. The lowest BCUT2D eigenvalue weighted by molar-refractivity contribution is -0.104. The summed E-state index contributed by atoms with van der Waals surface area (Å²) in [5.74, 6) is 0. The molecule has 0 aliphatic carbocycles. The average Bonchev–Trinajstić information content (AvgIpc) is 2.04. The summed E-state index contributed by atoms with van der Waals surface area (Å²) in [6.45, 7) is 0. The van der Waals surface area contributed by atoms with Crippen molar-refractivity contribution in [1.82, 2.24) is 0 Å². The van der Waals surface area contributed by atoms with E-state index >= 15 is 0 Å². The molecule has 0 fully saturated rings. The first-order valence-corrected chi connectivity index (χ1v) is 4.07. The summed E-state index contributed by atoms with van der Waals surface area (Å²) in [6.07, 6.45) is 3.62. The minimum atomic E-state index is 0.542. The number of carbonyl (C=O) groups excluding carboxylic acids is 1. The minimum absolute atomic E-state index is 0.542. The maximum absolute atomic E-state index is 10.0. The number of hydrogen-bond acceptors (Lipinski definition) is 1. The van der Waals surface area contributed by atoms with E-state index in [0.29, 0.717) is 21.9 Å². The van der Waals surface area contributed by atoms with Crippen molar-refractivity contribution in [3.8, 4) is 0 Å². The van der Waals surface area contributed by atoms with Crippen LogP contribution < -0.4 is 0 Å². The van der Waals surface area contributed by atoms with E-state index in [1.807, 2.05) is 0 Å². The van der Waals surface area contributed by atoms with E-state index < -0.39 is 0 Å². The third kappa shape index (κ3) is 2.10. The maximum Gasteiger partial charge on any atom is 0.142 e. The van der Waals surface area contributed by atoms with E-state index in [0.717, 1.165) is 0 Å². The van der Waals surface area contributed by atoms with Gasteiger partial charge in [-0.2, -0.15) is 0 Å². The summed E-state index contributed by atoms with van der Waals surface area (Å²) >= 11 is 11.6. The lowest BCUT2D eigenvalue weighted by Crippen LogP contribution is -1.76. The van der Waals surface area contributed by atoms with Crippen LogP contribution in [0, 0.1) is 0 Å². The van der Waals surface area contributed by atoms with Gasteiger partial charge < -0.3 is 0 Å². The molecule has 0 saturated carbocycles. The zero-order valence-corrected chi connectivity index (χ0v) is 7.64. The Hall–Kier alpha value is -0.790. The molecule has 12 heavy (non-hydrogen) atoms. The van der Waals surface area contributed by atoms with Crippen LogP contribution in [-0.4, -0.2) is 6.29 Å². The Morgan fingerprint density at radius 1 is 1.17 bits per heavy atom. The number of benzene rings is 1. The lowest BCUT2D eigenvalue weighted by atomic mass is 10.2. The van der Waals surface area contributed by atoms with Crippen molar-refractivity contribution in [2.45, 2.75) is 0 Å². The van der Waals surface area contributed by atoms with Crippen LogP contribution in [0.15, 0.2) is 24.3 Å². The number of allylic oxidation sites excluding steroid dienone is 1. The van der Waals surface area contributed by atoms with E-state index in [1.165, 1.54) is 6.08 Å². The van der Waals surface area contributed by atoms with E-state index in [-0.39, 0.29) is 0 Å². The fraction of sp³-hybridized carbons (Fsp3) is 0. The Kier molecular flexibility index (Phi) is 3.32. The molecular formula is C9H6Cl2O. The zero-order chi connectivity index (χ0) is 8.97. The van der Waals surface area contributed by atoms with E-state index in [4.69, 9.17) is 23.2 Å². The minimum Gasteiger partial charge on any atom is -0.299 e. The molecule has 1 aromatic carbocycles. The quantitative estimate of drug-likeness (QED) is 0.530. The molecule has 3 heteroatoms. The van der Waals surface area contributed by atoms with Crippen LogP contribution in [0.2, 0.25) is 10.0 Å². The highest BCUT2D eigenvalue weighted by atomic mass is 35.5. The Balaban J connectivity index is 3.12. The van der Waals surface area contributed by atoms with Crippen LogP contribution in [-0.2, 0) is 4.79 Å². The van der Waals surface area contributed by atoms with E-state index in [9.17, 15) is 4.79 Å². The molecule has 1 nitrogen and oxygen atoms in total. The molecule has 0 aromatic heterocycles. The van der Waals surface area contributed by atoms with Gasteiger partial charge in [0.1, 0.15) is 6.29 Å². The van der Waals surface area contributed by atoms with Crippen LogP contribution in [0.25, 0.3) is 6.08 Å². The standard InChI is InChI=1S/C9H6Cl2O/c10-8-4-1-5-9(11)7(8)3-2-6-12/h1-6H. The first-order chi connectivity index (χ1) is 5.75. The predicted octanol–water partition coefficient (Wildman–Crippen LogP) is 3.21. The smallest absolute Gasteiger partial charge is 0.142 e. The normalized spacial score (nSPS) is 10.5.